The molecule has 0 bridgehead atoms. The first-order chi connectivity index (χ1) is 8.88. The van der Waals surface area contributed by atoms with Crippen molar-refractivity contribution in [3.8, 4) is 0 Å². The SMILES string of the molecule is CC(=O)N1C[C@@H](C)N(c2cc(F)cc(Br)c2)[C@@H](C)C1. The number of hydrogen-bond donors (Lipinski definition) is 0. The summed E-state index contributed by atoms with van der Waals surface area (Å²) in [6.07, 6.45) is 0. The molecule has 1 heterocycles. The lowest BCUT2D eigenvalue weighted by molar-refractivity contribution is -0.130. The molecule has 1 fully saturated rings. The maximum absolute atomic E-state index is 13.5. The molecule has 2 rings (SSSR count). The van der Waals surface area contributed by atoms with Crippen LogP contribution in [-0.4, -0.2) is 36.0 Å². The highest BCUT2D eigenvalue weighted by molar-refractivity contribution is 9.10. The summed E-state index contributed by atoms with van der Waals surface area (Å²) in [5.41, 5.74) is 0.857. The predicted octanol–water partition coefficient (Wildman–Crippen LogP) is 3.03. The maximum atomic E-state index is 13.5. The van der Waals surface area contributed by atoms with Gasteiger partial charge in [0, 0.05) is 42.3 Å². The Balaban J connectivity index is 2.27. The summed E-state index contributed by atoms with van der Waals surface area (Å²) < 4.78 is 14.3. The number of rotatable bonds is 1. The number of piperazine rings is 1. The van der Waals surface area contributed by atoms with Crippen molar-refractivity contribution in [2.24, 2.45) is 0 Å². The zero-order chi connectivity index (χ0) is 14.2. The Kier molecular flexibility index (Phi) is 4.13. The largest absolute Gasteiger partial charge is 0.362 e. The van der Waals surface area contributed by atoms with Gasteiger partial charge in [-0.3, -0.25) is 4.79 Å². The highest BCUT2D eigenvalue weighted by Crippen LogP contribution is 2.28. The van der Waals surface area contributed by atoms with Crippen molar-refractivity contribution in [3.63, 3.8) is 0 Å². The van der Waals surface area contributed by atoms with Gasteiger partial charge in [-0.15, -0.1) is 0 Å². The minimum absolute atomic E-state index is 0.0961. The third-order valence-corrected chi connectivity index (χ3v) is 3.97. The van der Waals surface area contributed by atoms with Crippen LogP contribution in [0, 0.1) is 5.82 Å². The Hall–Kier alpha value is -1.10. The van der Waals surface area contributed by atoms with Crippen LogP contribution in [0.1, 0.15) is 20.8 Å². The zero-order valence-electron chi connectivity index (χ0n) is 11.4. The molecule has 1 saturated heterocycles. The van der Waals surface area contributed by atoms with Crippen molar-refractivity contribution in [2.75, 3.05) is 18.0 Å². The first-order valence-corrected chi connectivity index (χ1v) is 7.17. The van der Waals surface area contributed by atoms with Gasteiger partial charge < -0.3 is 9.80 Å². The monoisotopic (exact) mass is 328 g/mol. The summed E-state index contributed by atoms with van der Waals surface area (Å²) in [7, 11) is 0. The topological polar surface area (TPSA) is 23.6 Å². The number of amides is 1. The van der Waals surface area contributed by atoms with E-state index in [2.05, 4.69) is 34.7 Å². The summed E-state index contributed by atoms with van der Waals surface area (Å²) >= 11 is 3.32. The van der Waals surface area contributed by atoms with Crippen LogP contribution in [-0.2, 0) is 4.79 Å². The number of benzene rings is 1. The van der Waals surface area contributed by atoms with Crippen LogP contribution < -0.4 is 4.90 Å². The molecule has 19 heavy (non-hydrogen) atoms. The molecule has 0 spiro atoms. The van der Waals surface area contributed by atoms with Gasteiger partial charge in [0.05, 0.1) is 0 Å². The van der Waals surface area contributed by atoms with Gasteiger partial charge in [0.1, 0.15) is 5.82 Å². The van der Waals surface area contributed by atoms with E-state index in [1.165, 1.54) is 6.07 Å². The Morgan fingerprint density at radius 1 is 1.26 bits per heavy atom. The third kappa shape index (κ3) is 3.08. The van der Waals surface area contributed by atoms with Crippen LogP contribution in [0.4, 0.5) is 10.1 Å². The molecule has 0 saturated carbocycles. The second-order valence-electron chi connectivity index (χ2n) is 5.16. The highest BCUT2D eigenvalue weighted by atomic mass is 79.9. The van der Waals surface area contributed by atoms with Gasteiger partial charge >= 0.3 is 0 Å². The second-order valence-corrected chi connectivity index (χ2v) is 6.07. The van der Waals surface area contributed by atoms with E-state index in [0.717, 1.165) is 10.2 Å². The van der Waals surface area contributed by atoms with Crippen LogP contribution in [0.15, 0.2) is 22.7 Å². The molecule has 0 aliphatic carbocycles. The lowest BCUT2D eigenvalue weighted by Crippen LogP contribution is -2.58. The number of nitrogens with zero attached hydrogens (tertiary/aromatic N) is 2. The van der Waals surface area contributed by atoms with E-state index in [1.807, 2.05) is 11.0 Å². The summed E-state index contributed by atoms with van der Waals surface area (Å²) in [5.74, 6) is -0.156. The fraction of sp³-hybridized carbons (Fsp3) is 0.500. The number of halogens is 2. The average Bonchev–Trinajstić information content (AvgIpc) is 2.26. The van der Waals surface area contributed by atoms with E-state index in [9.17, 15) is 9.18 Å². The van der Waals surface area contributed by atoms with Crippen molar-refractivity contribution in [1.29, 1.82) is 0 Å². The summed E-state index contributed by atoms with van der Waals surface area (Å²) in [6, 6.07) is 5.24. The normalized spacial score (nSPS) is 23.6. The molecular formula is C14H18BrFN2O. The highest BCUT2D eigenvalue weighted by Gasteiger charge is 2.30. The molecule has 1 aromatic carbocycles. The van der Waals surface area contributed by atoms with E-state index in [0.29, 0.717) is 13.1 Å². The van der Waals surface area contributed by atoms with Gasteiger partial charge in [-0.1, -0.05) is 15.9 Å². The van der Waals surface area contributed by atoms with Crippen LogP contribution in [0.3, 0.4) is 0 Å². The Labute approximate surface area is 121 Å². The zero-order valence-corrected chi connectivity index (χ0v) is 12.9. The van der Waals surface area contributed by atoms with Crippen LogP contribution in [0.2, 0.25) is 0 Å². The lowest BCUT2D eigenvalue weighted by atomic mass is 10.1. The van der Waals surface area contributed by atoms with Gasteiger partial charge in [-0.25, -0.2) is 4.39 Å². The molecule has 1 aliphatic rings. The standard InChI is InChI=1S/C14H18BrFN2O/c1-9-7-17(11(3)19)8-10(2)18(9)14-5-12(15)4-13(16)6-14/h4-6,9-10H,7-8H2,1-3H3/t9-,10+. The summed E-state index contributed by atoms with van der Waals surface area (Å²) in [6.45, 7) is 7.06. The predicted molar refractivity (Wildman–Crippen MR) is 77.8 cm³/mol. The van der Waals surface area contributed by atoms with Crippen LogP contribution in [0.5, 0.6) is 0 Å². The molecule has 0 aromatic heterocycles. The molecule has 0 unspecified atom stereocenters. The minimum Gasteiger partial charge on any atom is -0.362 e. The third-order valence-electron chi connectivity index (χ3n) is 3.51. The maximum Gasteiger partial charge on any atom is 0.219 e. The van der Waals surface area contributed by atoms with E-state index in [4.69, 9.17) is 0 Å². The lowest BCUT2D eigenvalue weighted by Gasteiger charge is -2.45. The van der Waals surface area contributed by atoms with Crippen LogP contribution in [0.25, 0.3) is 0 Å². The Bertz CT molecular complexity index is 462. The minimum atomic E-state index is -0.252. The van der Waals surface area contributed by atoms with Crippen molar-refractivity contribution in [1.82, 2.24) is 4.90 Å². The molecule has 0 N–H and O–H groups in total. The van der Waals surface area contributed by atoms with Crippen molar-refractivity contribution in [3.05, 3.63) is 28.5 Å². The number of carbonyl (C=O) groups excluding carboxylic acids is 1. The molecule has 1 amide bonds. The van der Waals surface area contributed by atoms with Gasteiger partial charge in [0.25, 0.3) is 0 Å². The second kappa shape index (κ2) is 5.49. The van der Waals surface area contributed by atoms with Gasteiger partial charge in [0.2, 0.25) is 5.91 Å². The smallest absolute Gasteiger partial charge is 0.219 e. The van der Waals surface area contributed by atoms with E-state index < -0.39 is 0 Å². The molecule has 5 heteroatoms. The molecule has 2 atom stereocenters. The van der Waals surface area contributed by atoms with E-state index >= 15 is 0 Å². The molecule has 0 radical (unpaired) electrons. The van der Waals surface area contributed by atoms with Crippen LogP contribution >= 0.6 is 15.9 Å². The van der Waals surface area contributed by atoms with Crippen molar-refractivity contribution in [2.45, 2.75) is 32.9 Å². The number of hydrogen-bond acceptors (Lipinski definition) is 2. The molecule has 1 aromatic rings. The Morgan fingerprint density at radius 3 is 2.32 bits per heavy atom. The average molecular weight is 329 g/mol. The number of carbonyl (C=O) groups is 1. The van der Waals surface area contributed by atoms with Gasteiger partial charge in [-0.2, -0.15) is 0 Å². The molecule has 1 aliphatic heterocycles. The van der Waals surface area contributed by atoms with Gasteiger partial charge in [-0.05, 0) is 32.0 Å². The Morgan fingerprint density at radius 2 is 1.84 bits per heavy atom. The van der Waals surface area contributed by atoms with Crippen molar-refractivity contribution >= 4 is 27.5 Å². The molecule has 104 valence electrons. The fourth-order valence-electron chi connectivity index (χ4n) is 2.78. The van der Waals surface area contributed by atoms with Gasteiger partial charge in [0.15, 0.2) is 0 Å². The van der Waals surface area contributed by atoms with Crippen molar-refractivity contribution < 1.29 is 9.18 Å². The first-order valence-electron chi connectivity index (χ1n) is 6.38. The van der Waals surface area contributed by atoms with E-state index in [1.54, 1.807) is 13.0 Å². The quantitative estimate of drug-likeness (QED) is 0.791. The first kappa shape index (κ1) is 14.3. The number of anilines is 1. The van der Waals surface area contributed by atoms with E-state index in [-0.39, 0.29) is 23.8 Å². The summed E-state index contributed by atoms with van der Waals surface area (Å²) in [5, 5.41) is 0. The molecule has 3 nitrogen and oxygen atoms in total. The fourth-order valence-corrected chi connectivity index (χ4v) is 3.23. The molecular weight excluding hydrogens is 311 g/mol. The summed E-state index contributed by atoms with van der Waals surface area (Å²) in [4.78, 5) is 15.5.